The second-order valence-electron chi connectivity index (χ2n) is 26.3. The van der Waals surface area contributed by atoms with Crippen LogP contribution in [0.1, 0.15) is 88.2 Å². The van der Waals surface area contributed by atoms with Gasteiger partial charge in [0, 0.05) is 55.2 Å². The minimum atomic E-state index is -0.291. The van der Waals surface area contributed by atoms with E-state index in [0.717, 1.165) is 28.5 Å². The van der Waals surface area contributed by atoms with Gasteiger partial charge in [0.2, 0.25) is 0 Å². The highest BCUT2D eigenvalue weighted by atomic mass is 16.5. The lowest BCUT2D eigenvalue weighted by Gasteiger charge is -2.09. The SMILES string of the molecule is C=Cc1ccccc1.C=Cc1ccccc1.C=Cc1ccccc1.C=Cc1ccccc1.C=Cc1ccccc1.CC(=O)OCCCOc1ccc2c(ccc3ccccc32)c1.CC(=O)Oc1ccc2ccccc2c1.CCN1C(=O)c2ccccc2C1=O.CCn1c2ccccc2c2ccccc21.Cc1ccc(-c2ccccc2)cc1. The fraction of sp³-hybridized carbons (Fsp3) is 0.0926. The highest BCUT2D eigenvalue weighted by molar-refractivity contribution is 6.21. The Morgan fingerprint density at radius 2 is 0.675 bits per heavy atom. The molecule has 0 radical (unpaired) electrons. The number of imide groups is 1. The Bertz CT molecular complexity index is 5430. The fourth-order valence-corrected chi connectivity index (χ4v) is 12.1. The summed E-state index contributed by atoms with van der Waals surface area (Å²) in [6, 6.07) is 126. The van der Waals surface area contributed by atoms with Crippen molar-refractivity contribution in [2.75, 3.05) is 19.8 Å². The number of benzene rings is 15. The molecule has 2 heterocycles. The summed E-state index contributed by atoms with van der Waals surface area (Å²) < 4.78 is 17.9. The molecule has 0 N–H and O–H groups in total. The fourth-order valence-electron chi connectivity index (χ4n) is 12.1. The second kappa shape index (κ2) is 49.1. The van der Waals surface area contributed by atoms with Crippen LogP contribution >= 0.6 is 0 Å². The number of fused-ring (bicyclic) bond motifs is 8. The molecule has 0 unspecified atom stereocenters. The maximum Gasteiger partial charge on any atom is 0.308 e. The van der Waals surface area contributed by atoms with E-state index in [4.69, 9.17) is 14.2 Å². The molecular formula is C108H102N2O7. The highest BCUT2D eigenvalue weighted by Gasteiger charge is 2.33. The molecule has 0 aliphatic carbocycles. The number of aryl methyl sites for hydroxylation is 2. The molecule has 586 valence electrons. The van der Waals surface area contributed by atoms with Crippen LogP contribution in [0.2, 0.25) is 0 Å². The lowest BCUT2D eigenvalue weighted by Crippen LogP contribution is -2.29. The zero-order chi connectivity index (χ0) is 83.2. The van der Waals surface area contributed by atoms with Crippen LogP contribution in [0, 0.1) is 6.92 Å². The van der Waals surface area contributed by atoms with Gasteiger partial charge in [0.15, 0.2) is 0 Å². The number of rotatable bonds is 14. The van der Waals surface area contributed by atoms with Gasteiger partial charge in [-0.1, -0.05) is 396 Å². The van der Waals surface area contributed by atoms with Crippen molar-refractivity contribution < 1.29 is 33.4 Å². The predicted molar refractivity (Wildman–Crippen MR) is 495 cm³/mol. The van der Waals surface area contributed by atoms with Crippen LogP contribution in [0.5, 0.6) is 11.5 Å². The third-order valence-electron chi connectivity index (χ3n) is 18.1. The van der Waals surface area contributed by atoms with E-state index < -0.39 is 0 Å². The van der Waals surface area contributed by atoms with Crippen LogP contribution in [0.4, 0.5) is 0 Å². The van der Waals surface area contributed by atoms with E-state index in [1.807, 2.05) is 237 Å². The molecule has 1 aromatic heterocycles. The van der Waals surface area contributed by atoms with Gasteiger partial charge in [0.05, 0.1) is 24.3 Å². The first-order valence-corrected chi connectivity index (χ1v) is 38.9. The van der Waals surface area contributed by atoms with Crippen molar-refractivity contribution >= 4 is 108 Å². The quantitative estimate of drug-likeness (QED) is 0.0351. The van der Waals surface area contributed by atoms with Crippen LogP contribution in [0.3, 0.4) is 0 Å². The first-order chi connectivity index (χ1) is 57.2. The molecule has 0 spiro atoms. The minimum absolute atomic E-state index is 0.178. The van der Waals surface area contributed by atoms with Gasteiger partial charge < -0.3 is 18.8 Å². The molecule has 1 aliphatic rings. The third kappa shape index (κ3) is 28.6. The smallest absolute Gasteiger partial charge is 0.308 e. The molecule has 0 saturated carbocycles. The number of hydrogen-bond donors (Lipinski definition) is 0. The molecule has 0 saturated heterocycles. The molecule has 17 rings (SSSR count). The van der Waals surface area contributed by atoms with Gasteiger partial charge in [-0.05, 0) is 141 Å². The largest absolute Gasteiger partial charge is 0.493 e. The van der Waals surface area contributed by atoms with Crippen LogP contribution in [-0.2, 0) is 20.9 Å². The zero-order valence-electron chi connectivity index (χ0n) is 67.5. The van der Waals surface area contributed by atoms with Crippen molar-refractivity contribution in [3.8, 4) is 22.6 Å². The Labute approximate surface area is 690 Å². The molecule has 0 bridgehead atoms. The van der Waals surface area contributed by atoms with Gasteiger partial charge >= 0.3 is 11.9 Å². The summed E-state index contributed by atoms with van der Waals surface area (Å²) in [5.41, 5.74) is 13.5. The van der Waals surface area contributed by atoms with E-state index >= 15 is 0 Å². The van der Waals surface area contributed by atoms with Crippen molar-refractivity contribution in [3.63, 3.8) is 0 Å². The number of aromatic nitrogens is 1. The number of para-hydroxylation sites is 2. The number of carbonyl (C=O) groups is 4. The maximum atomic E-state index is 11.5. The topological polar surface area (TPSA) is 104 Å². The van der Waals surface area contributed by atoms with Crippen molar-refractivity contribution in [1.29, 1.82) is 0 Å². The first-order valence-electron chi connectivity index (χ1n) is 38.9. The summed E-state index contributed by atoms with van der Waals surface area (Å²) in [6.45, 7) is 29.4. The molecule has 0 fully saturated rings. The van der Waals surface area contributed by atoms with Gasteiger partial charge in [-0.25, -0.2) is 0 Å². The number of hydrogen-bond acceptors (Lipinski definition) is 7. The van der Waals surface area contributed by atoms with Crippen LogP contribution < -0.4 is 9.47 Å². The van der Waals surface area contributed by atoms with Crippen molar-refractivity contribution in [2.45, 2.75) is 47.6 Å². The van der Waals surface area contributed by atoms with E-state index in [-0.39, 0.29) is 23.8 Å². The highest BCUT2D eigenvalue weighted by Crippen LogP contribution is 2.31. The van der Waals surface area contributed by atoms with Gasteiger partial charge in [-0.15, -0.1) is 0 Å². The lowest BCUT2D eigenvalue weighted by molar-refractivity contribution is -0.141. The summed E-state index contributed by atoms with van der Waals surface area (Å²) in [6.07, 6.45) is 9.86. The Morgan fingerprint density at radius 3 is 1.09 bits per heavy atom. The van der Waals surface area contributed by atoms with E-state index in [9.17, 15) is 19.2 Å². The molecule has 9 nitrogen and oxygen atoms in total. The standard InChI is InChI=1S/C19H18O3.C14H13N.C13H12.C12H10O2.C10H9NO2.5C8H8/c1-14(20)21-11-4-12-22-17-9-10-19-16(13-17)8-7-15-5-2-3-6-18(15)19;1-2-15-13-9-5-3-7-11(13)12-8-4-6-10-14(12)15;1-11-7-9-13(10-8-11)12-5-3-2-4-6-12;1-9(13)14-12-7-6-10-4-2-3-5-11(10)8-12;1-2-11-9(12)7-5-3-4-6-8(7)10(11)13;5*1-2-8-6-4-3-5-7-8/h2-3,5-10,13H,4,11-12H2,1H3;3-10H,2H2,1H3;2-10H,1H3;2-8H,1H3;3-6H,2H2,1H3;5*2-7H,1H2. The summed E-state index contributed by atoms with van der Waals surface area (Å²) >= 11 is 0. The van der Waals surface area contributed by atoms with Gasteiger partial charge in [0.1, 0.15) is 11.5 Å². The van der Waals surface area contributed by atoms with Gasteiger partial charge in [-0.2, -0.15) is 0 Å². The number of ether oxygens (including phenoxy) is 3. The number of nitrogens with zero attached hydrogens (tertiary/aromatic N) is 2. The maximum absolute atomic E-state index is 11.5. The van der Waals surface area contributed by atoms with Crippen molar-refractivity contribution in [1.82, 2.24) is 9.47 Å². The second-order valence-corrected chi connectivity index (χ2v) is 26.3. The number of amides is 2. The average molecular weight is 1540 g/mol. The monoisotopic (exact) mass is 1540 g/mol. The summed E-state index contributed by atoms with van der Waals surface area (Å²) in [5, 5.41) is 9.81. The Kier molecular flexibility index (Phi) is 36.9. The molecule has 0 atom stereocenters. The Morgan fingerprint density at radius 1 is 0.325 bits per heavy atom. The van der Waals surface area contributed by atoms with E-state index in [1.54, 1.807) is 37.3 Å². The Balaban J connectivity index is 0.000000165. The van der Waals surface area contributed by atoms with E-state index in [0.29, 0.717) is 43.1 Å². The average Bonchev–Trinajstić information content (AvgIpc) is 1.62. The number of carbonyl (C=O) groups excluding carboxylic acids is 4. The van der Waals surface area contributed by atoms with Crippen LogP contribution in [0.15, 0.2) is 409 Å². The van der Waals surface area contributed by atoms with E-state index in [2.05, 4.69) is 191 Å². The first kappa shape index (κ1) is 88.0. The van der Waals surface area contributed by atoms with Gasteiger partial charge in [-0.3, -0.25) is 24.1 Å². The minimum Gasteiger partial charge on any atom is -0.493 e. The molecule has 9 heteroatoms. The van der Waals surface area contributed by atoms with Crippen molar-refractivity contribution in [2.24, 2.45) is 0 Å². The Hall–Kier alpha value is -14.5. The third-order valence-corrected chi connectivity index (χ3v) is 18.1. The zero-order valence-corrected chi connectivity index (χ0v) is 67.5. The molecule has 2 amide bonds. The summed E-state index contributed by atoms with van der Waals surface area (Å²) in [4.78, 5) is 45.7. The normalized spacial score (nSPS) is 10.4. The molecule has 1 aliphatic heterocycles. The van der Waals surface area contributed by atoms with E-state index in [1.165, 1.54) is 101 Å². The molecule has 117 heavy (non-hydrogen) atoms. The van der Waals surface area contributed by atoms with Crippen molar-refractivity contribution in [3.05, 3.63) is 454 Å². The number of esters is 2. The molecule has 16 aromatic rings. The predicted octanol–water partition coefficient (Wildman–Crippen LogP) is 27.5. The van der Waals surface area contributed by atoms with Crippen LogP contribution in [-0.4, -0.2) is 53.0 Å². The summed E-state index contributed by atoms with van der Waals surface area (Å²) in [7, 11) is 0. The molecular weight excluding hydrogens is 1440 g/mol. The molecule has 15 aromatic carbocycles. The summed E-state index contributed by atoms with van der Waals surface area (Å²) in [5.74, 6) is 0.533. The van der Waals surface area contributed by atoms with Gasteiger partial charge in [0.25, 0.3) is 11.8 Å². The van der Waals surface area contributed by atoms with Crippen LogP contribution in [0.25, 0.3) is 95.6 Å². The lowest BCUT2D eigenvalue weighted by atomic mass is 10.0.